The molecule has 1 aliphatic rings. The Bertz CT molecular complexity index is 1760. The lowest BCUT2D eigenvalue weighted by atomic mass is 9.98. The Balaban J connectivity index is 1.32. The second-order valence-electron chi connectivity index (χ2n) is 11.1. The number of nitrogens with zero attached hydrogens (tertiary/aromatic N) is 4. The smallest absolute Gasteiger partial charge is 0.416 e. The number of nitrogens with one attached hydrogen (secondary N) is 1. The molecule has 0 radical (unpaired) electrons. The van der Waals surface area contributed by atoms with Crippen LogP contribution in [-0.2, 0) is 22.2 Å². The van der Waals surface area contributed by atoms with Crippen LogP contribution in [0.2, 0.25) is 0 Å². The van der Waals surface area contributed by atoms with Crippen molar-refractivity contribution in [3.63, 3.8) is 0 Å². The highest BCUT2D eigenvalue weighted by Gasteiger charge is 2.33. The Morgan fingerprint density at radius 1 is 1.00 bits per heavy atom. The second kappa shape index (κ2) is 12.8. The quantitative estimate of drug-likeness (QED) is 0.258. The molecule has 0 fully saturated rings. The Morgan fingerprint density at radius 2 is 1.73 bits per heavy atom. The average molecular weight is 618 g/mol. The van der Waals surface area contributed by atoms with Gasteiger partial charge >= 0.3 is 6.18 Å². The van der Waals surface area contributed by atoms with E-state index in [-0.39, 0.29) is 24.2 Å². The number of carbonyl (C=O) groups is 3. The lowest BCUT2D eigenvalue weighted by Gasteiger charge is -2.25. The number of aliphatic imine (C=N–C) groups is 1. The van der Waals surface area contributed by atoms with Gasteiger partial charge in [-0.3, -0.25) is 19.4 Å². The van der Waals surface area contributed by atoms with Gasteiger partial charge in [-0.25, -0.2) is 0 Å². The van der Waals surface area contributed by atoms with Gasteiger partial charge in [-0.15, -0.1) is 10.2 Å². The molecule has 0 saturated carbocycles. The van der Waals surface area contributed by atoms with Crippen molar-refractivity contribution in [1.82, 2.24) is 15.5 Å². The number of hydrogen-bond acceptors (Lipinski definition) is 7. The first kappa shape index (κ1) is 31.3. The van der Waals surface area contributed by atoms with Gasteiger partial charge in [0.2, 0.25) is 23.5 Å². The highest BCUT2D eigenvalue weighted by molar-refractivity contribution is 6.20. The number of halogens is 3. The van der Waals surface area contributed by atoms with E-state index in [0.29, 0.717) is 28.9 Å². The number of carbonyl (C=O) groups excluding carboxylic acids is 3. The number of benzodiazepines with no additional fused rings is 1. The molecule has 12 heteroatoms. The maximum atomic E-state index is 13.4. The van der Waals surface area contributed by atoms with E-state index >= 15 is 0 Å². The van der Waals surface area contributed by atoms with Gasteiger partial charge in [0, 0.05) is 11.1 Å². The summed E-state index contributed by atoms with van der Waals surface area (Å²) in [6.45, 7) is 4.71. The van der Waals surface area contributed by atoms with Crippen molar-refractivity contribution in [2.45, 2.75) is 39.4 Å². The van der Waals surface area contributed by atoms with Crippen LogP contribution in [-0.4, -0.2) is 52.6 Å². The van der Waals surface area contributed by atoms with Crippen molar-refractivity contribution >= 4 is 29.0 Å². The van der Waals surface area contributed by atoms with E-state index < -0.39 is 41.9 Å². The van der Waals surface area contributed by atoms with E-state index in [4.69, 9.17) is 4.42 Å². The van der Waals surface area contributed by atoms with Crippen LogP contribution < -0.4 is 10.2 Å². The van der Waals surface area contributed by atoms with Crippen molar-refractivity contribution in [2.24, 2.45) is 10.9 Å². The molecule has 232 valence electrons. The van der Waals surface area contributed by atoms with E-state index in [2.05, 4.69) is 20.5 Å². The van der Waals surface area contributed by atoms with E-state index in [0.717, 1.165) is 23.3 Å². The fourth-order valence-corrected chi connectivity index (χ4v) is 5.05. The first-order valence-electron chi connectivity index (χ1n) is 14.2. The molecular formula is C33H30F3N5O4. The minimum absolute atomic E-state index is 0.234. The predicted octanol–water partition coefficient (Wildman–Crippen LogP) is 5.20. The third kappa shape index (κ3) is 7.17. The maximum absolute atomic E-state index is 13.4. The van der Waals surface area contributed by atoms with Gasteiger partial charge in [0.15, 0.2) is 0 Å². The summed E-state index contributed by atoms with van der Waals surface area (Å²) in [5.41, 5.74) is 2.75. The molecule has 45 heavy (non-hydrogen) atoms. The topological polar surface area (TPSA) is 118 Å². The number of hydrogen-bond donors (Lipinski definition) is 1. The Hall–Kier alpha value is -5.13. The summed E-state index contributed by atoms with van der Waals surface area (Å²) in [6, 6.07) is 17.9. The molecule has 2 amide bonds. The van der Waals surface area contributed by atoms with Crippen LogP contribution in [0.1, 0.15) is 58.2 Å². The van der Waals surface area contributed by atoms with Crippen molar-refractivity contribution < 1.29 is 32.0 Å². The molecule has 3 aromatic carbocycles. The van der Waals surface area contributed by atoms with Gasteiger partial charge in [-0.1, -0.05) is 74.0 Å². The molecule has 0 bridgehead atoms. The first-order chi connectivity index (χ1) is 21.4. The molecular weight excluding hydrogens is 587 g/mol. The van der Waals surface area contributed by atoms with Crippen LogP contribution in [0, 0.1) is 12.8 Å². The minimum atomic E-state index is -4.50. The molecule has 9 nitrogen and oxygen atoms in total. The van der Waals surface area contributed by atoms with Gasteiger partial charge in [-0.2, -0.15) is 13.2 Å². The number of fused-ring (bicyclic) bond motifs is 1. The normalized spacial score (nSPS) is 14.1. The number of Topliss-reactive ketones (excluding diaryl/α,β-unsaturated/α-hetero) is 1. The van der Waals surface area contributed by atoms with E-state index in [1.165, 1.54) is 17.0 Å². The van der Waals surface area contributed by atoms with Crippen molar-refractivity contribution in [1.29, 1.82) is 0 Å². The minimum Gasteiger partial charge on any atom is -0.418 e. The zero-order chi connectivity index (χ0) is 32.3. The standard InChI is InChI=1S/C33H30F3N5O4/c1-19(2)29(31(44)32-40-39-27(45-32)16-21-8-6-7-20(3)15-21)38-26(42)18-41-25-10-5-4-9-24(25)30(37-17-28(41)43)22-11-13-23(14-12-22)33(34,35)36/h4-15,19,29H,16-18H2,1-3H3,(H,38,42)/t29-/m0/s1. The third-order valence-electron chi connectivity index (χ3n) is 7.29. The van der Waals surface area contributed by atoms with Gasteiger partial charge in [0.25, 0.3) is 5.89 Å². The summed E-state index contributed by atoms with van der Waals surface area (Å²) in [5, 5.41) is 10.6. The lowest BCUT2D eigenvalue weighted by Crippen LogP contribution is -2.49. The number of amides is 2. The van der Waals surface area contributed by atoms with Crippen LogP contribution in [0.25, 0.3) is 0 Å². The monoisotopic (exact) mass is 617 g/mol. The molecule has 4 aromatic rings. The third-order valence-corrected chi connectivity index (χ3v) is 7.29. The van der Waals surface area contributed by atoms with Crippen LogP contribution in [0.15, 0.2) is 82.2 Å². The number of anilines is 1. The summed E-state index contributed by atoms with van der Waals surface area (Å²) in [4.78, 5) is 45.5. The number of aryl methyl sites for hydroxylation is 1. The second-order valence-corrected chi connectivity index (χ2v) is 11.1. The van der Waals surface area contributed by atoms with Crippen molar-refractivity contribution in [3.8, 4) is 0 Å². The molecule has 0 spiro atoms. The largest absolute Gasteiger partial charge is 0.418 e. The van der Waals surface area contributed by atoms with Gasteiger partial charge in [0.1, 0.15) is 13.1 Å². The number of alkyl halides is 3. The van der Waals surface area contributed by atoms with Crippen LogP contribution in [0.5, 0.6) is 0 Å². The summed E-state index contributed by atoms with van der Waals surface area (Å²) in [5.74, 6) is -1.99. The van der Waals surface area contributed by atoms with E-state index in [1.807, 2.05) is 31.2 Å². The van der Waals surface area contributed by atoms with Crippen LogP contribution >= 0.6 is 0 Å². The highest BCUT2D eigenvalue weighted by atomic mass is 19.4. The number of para-hydroxylation sites is 1. The molecule has 5 rings (SSSR count). The lowest BCUT2D eigenvalue weighted by molar-refractivity contribution is -0.137. The molecule has 2 heterocycles. The van der Waals surface area contributed by atoms with E-state index in [1.54, 1.807) is 38.1 Å². The van der Waals surface area contributed by atoms with Crippen LogP contribution in [0.3, 0.4) is 0 Å². The van der Waals surface area contributed by atoms with Gasteiger partial charge in [-0.05, 0) is 36.6 Å². The summed E-state index contributed by atoms with van der Waals surface area (Å²) < 4.78 is 45.0. The number of aromatic nitrogens is 2. The Morgan fingerprint density at radius 3 is 2.42 bits per heavy atom. The summed E-state index contributed by atoms with van der Waals surface area (Å²) in [6.07, 6.45) is -4.15. The van der Waals surface area contributed by atoms with Crippen LogP contribution in [0.4, 0.5) is 18.9 Å². The van der Waals surface area contributed by atoms with Crippen molar-refractivity contribution in [2.75, 3.05) is 18.0 Å². The maximum Gasteiger partial charge on any atom is 0.416 e. The van der Waals surface area contributed by atoms with Crippen molar-refractivity contribution in [3.05, 3.63) is 112 Å². The molecule has 1 N–H and O–H groups in total. The van der Waals surface area contributed by atoms with E-state index in [9.17, 15) is 27.6 Å². The molecule has 1 aliphatic heterocycles. The Labute approximate surface area is 257 Å². The number of ketones is 1. The van der Waals surface area contributed by atoms with Gasteiger partial charge in [0.05, 0.1) is 29.4 Å². The highest BCUT2D eigenvalue weighted by Crippen LogP contribution is 2.31. The fraction of sp³-hybridized carbons (Fsp3) is 0.273. The molecule has 0 saturated heterocycles. The molecule has 1 aromatic heterocycles. The first-order valence-corrected chi connectivity index (χ1v) is 14.2. The zero-order valence-corrected chi connectivity index (χ0v) is 24.8. The average Bonchev–Trinajstić information content (AvgIpc) is 3.41. The molecule has 0 unspecified atom stereocenters. The number of rotatable bonds is 9. The Kier molecular flexibility index (Phi) is 8.94. The molecule has 1 atom stereocenters. The number of benzene rings is 3. The summed E-state index contributed by atoms with van der Waals surface area (Å²) in [7, 11) is 0. The zero-order valence-electron chi connectivity index (χ0n) is 24.8. The predicted molar refractivity (Wildman–Crippen MR) is 160 cm³/mol. The fourth-order valence-electron chi connectivity index (χ4n) is 5.05. The summed E-state index contributed by atoms with van der Waals surface area (Å²) >= 11 is 0. The SMILES string of the molecule is Cc1cccc(Cc2nnc(C(=O)[C@@H](NC(=O)CN3C(=O)CN=C(c4ccc(C(F)(F)F)cc4)c4ccccc43)C(C)C)o2)c1. The molecule has 0 aliphatic carbocycles. The van der Waals surface area contributed by atoms with Gasteiger partial charge < -0.3 is 14.6 Å².